The number of aromatic nitrogens is 1. The van der Waals surface area contributed by atoms with Gasteiger partial charge in [-0.2, -0.15) is 0 Å². The lowest BCUT2D eigenvalue weighted by Crippen LogP contribution is -2.52. The van der Waals surface area contributed by atoms with Gasteiger partial charge in [-0.25, -0.2) is 27.9 Å². The average Bonchev–Trinajstić information content (AvgIpc) is 3.81. The van der Waals surface area contributed by atoms with Crippen molar-refractivity contribution in [3.8, 4) is 0 Å². The van der Waals surface area contributed by atoms with E-state index in [2.05, 4.69) is 14.7 Å². The summed E-state index contributed by atoms with van der Waals surface area (Å²) in [7, 11) is -3.81. The first kappa shape index (κ1) is 40.8. The van der Waals surface area contributed by atoms with E-state index in [-0.39, 0.29) is 44.1 Å². The number of carbonyl (C=O) groups excluding carboxylic acids is 4. The summed E-state index contributed by atoms with van der Waals surface area (Å²) in [5.41, 5.74) is 13.3. The van der Waals surface area contributed by atoms with Crippen molar-refractivity contribution < 1.29 is 36.7 Å². The summed E-state index contributed by atoms with van der Waals surface area (Å²) >= 11 is 0. The normalized spacial score (nSPS) is 20.4. The first-order chi connectivity index (χ1) is 26.8. The molecule has 302 valence electrons. The molecule has 1 saturated carbocycles. The number of piperidine rings is 1. The Kier molecular flexibility index (Phi) is 13.4. The lowest BCUT2D eigenvalue weighted by Gasteiger charge is -2.30. The number of Topliss-reactive ketones (excluding diaryl/α,β-unsaturated/α-hetero) is 2. The molecule has 0 radical (unpaired) electrons. The topological polar surface area (TPSA) is 221 Å². The number of carbonyl (C=O) groups is 4. The maximum atomic E-state index is 14.6. The number of fused-ring (bicyclic) bond motifs is 1. The number of likely N-dealkylation sites (tertiary alicyclic amines) is 2. The summed E-state index contributed by atoms with van der Waals surface area (Å²) in [5.74, 6) is -2.40. The standard InChI is InChI=1S/C40H53N7O8S/c1-56(52,53)45-32(18-17-26-11-4-2-5-12-26)38(50)47-25-30(54-40(51)46-19-8-3-9-20-46)24-33(47)34(48)23-28(21-27-13-10-14-29(22-27)43-39(41)42)36(49)37-44-31-15-6-7-16-35(31)55-37/h6-7,10,13-16,22,26,28,30,32-33,45H,2-5,8-9,11-12,17-21,23-25H2,1H3,(H4,41,42,43)/t28-,30-,32-,33+/m1/s1. The summed E-state index contributed by atoms with van der Waals surface area (Å²) in [6, 6.07) is 11.7. The number of rotatable bonds is 15. The molecule has 3 aliphatic rings. The zero-order chi connectivity index (χ0) is 39.8. The van der Waals surface area contributed by atoms with Gasteiger partial charge in [-0.3, -0.25) is 14.4 Å². The molecule has 5 N–H and O–H groups in total. The highest BCUT2D eigenvalue weighted by molar-refractivity contribution is 7.88. The van der Waals surface area contributed by atoms with E-state index < -0.39 is 57.7 Å². The molecule has 15 nitrogen and oxygen atoms in total. The van der Waals surface area contributed by atoms with Crippen molar-refractivity contribution >= 4 is 56.3 Å². The second kappa shape index (κ2) is 18.4. The van der Waals surface area contributed by atoms with Crippen LogP contribution in [0.5, 0.6) is 0 Å². The Morgan fingerprint density at radius 2 is 1.73 bits per heavy atom. The number of hydrogen-bond acceptors (Lipinski definition) is 10. The number of guanidine groups is 1. The third kappa shape index (κ3) is 10.9. The Morgan fingerprint density at radius 3 is 2.45 bits per heavy atom. The number of oxazole rings is 1. The number of amides is 2. The molecule has 0 unspecified atom stereocenters. The number of nitrogens with zero attached hydrogens (tertiary/aromatic N) is 4. The molecule has 6 rings (SSSR count). The van der Waals surface area contributed by atoms with Crippen LogP contribution in [0.1, 0.15) is 93.3 Å². The number of sulfonamides is 1. The van der Waals surface area contributed by atoms with Crippen LogP contribution in [0.25, 0.3) is 11.1 Å². The lowest BCUT2D eigenvalue weighted by molar-refractivity contribution is -0.139. The largest absolute Gasteiger partial charge is 0.444 e. The van der Waals surface area contributed by atoms with Gasteiger partial charge >= 0.3 is 6.09 Å². The molecule has 2 amide bonds. The number of ketones is 2. The third-order valence-electron chi connectivity index (χ3n) is 11.0. The van der Waals surface area contributed by atoms with E-state index in [0.29, 0.717) is 47.8 Å². The van der Waals surface area contributed by atoms with Gasteiger partial charge in [0.25, 0.3) is 5.89 Å². The van der Waals surface area contributed by atoms with Crippen molar-refractivity contribution in [2.45, 2.75) is 102 Å². The van der Waals surface area contributed by atoms with E-state index in [1.54, 1.807) is 53.4 Å². The van der Waals surface area contributed by atoms with Crippen molar-refractivity contribution in [3.05, 3.63) is 60.0 Å². The summed E-state index contributed by atoms with van der Waals surface area (Å²) < 4.78 is 39.5. The molecule has 0 bridgehead atoms. The average molecular weight is 792 g/mol. The fourth-order valence-electron chi connectivity index (χ4n) is 8.27. The van der Waals surface area contributed by atoms with E-state index in [0.717, 1.165) is 57.6 Å². The molecule has 16 heteroatoms. The quantitative estimate of drug-likeness (QED) is 0.110. The van der Waals surface area contributed by atoms with Gasteiger partial charge in [0.2, 0.25) is 21.7 Å². The smallest absolute Gasteiger partial charge is 0.410 e. The first-order valence-corrected chi connectivity index (χ1v) is 21.6. The number of ether oxygens (including phenoxy) is 1. The van der Waals surface area contributed by atoms with E-state index in [1.807, 2.05) is 0 Å². The predicted octanol–water partition coefficient (Wildman–Crippen LogP) is 4.60. The maximum Gasteiger partial charge on any atom is 0.410 e. The van der Waals surface area contributed by atoms with E-state index in [9.17, 15) is 27.6 Å². The second-order valence-electron chi connectivity index (χ2n) is 15.4. The number of nitrogens with one attached hydrogen (secondary N) is 1. The van der Waals surface area contributed by atoms with Crippen LogP contribution < -0.4 is 16.2 Å². The molecule has 1 aliphatic carbocycles. The van der Waals surface area contributed by atoms with Gasteiger partial charge < -0.3 is 30.4 Å². The molecule has 3 heterocycles. The maximum absolute atomic E-state index is 14.6. The first-order valence-electron chi connectivity index (χ1n) is 19.7. The molecule has 3 fully saturated rings. The second-order valence-corrected chi connectivity index (χ2v) is 17.2. The molecule has 3 aromatic rings. The number of para-hydroxylation sites is 2. The highest BCUT2D eigenvalue weighted by Gasteiger charge is 2.45. The zero-order valence-corrected chi connectivity index (χ0v) is 32.8. The summed E-state index contributed by atoms with van der Waals surface area (Å²) in [6.07, 6.45) is 8.49. The van der Waals surface area contributed by atoms with E-state index in [1.165, 1.54) is 4.90 Å². The number of benzene rings is 2. The molecule has 56 heavy (non-hydrogen) atoms. The number of aliphatic imine (C=N–C) groups is 1. The minimum atomic E-state index is -3.81. The van der Waals surface area contributed by atoms with Gasteiger partial charge in [0, 0.05) is 31.8 Å². The van der Waals surface area contributed by atoms with Gasteiger partial charge in [-0.15, -0.1) is 0 Å². The summed E-state index contributed by atoms with van der Waals surface area (Å²) in [4.78, 5) is 68.0. The van der Waals surface area contributed by atoms with Crippen LogP contribution in [0.3, 0.4) is 0 Å². The van der Waals surface area contributed by atoms with Crippen LogP contribution in [0.15, 0.2) is 57.9 Å². The number of hydrogen-bond donors (Lipinski definition) is 3. The van der Waals surface area contributed by atoms with Gasteiger partial charge in [-0.1, -0.05) is 56.4 Å². The van der Waals surface area contributed by atoms with Gasteiger partial charge in [0.1, 0.15) is 17.7 Å². The molecule has 2 saturated heterocycles. The van der Waals surface area contributed by atoms with Gasteiger partial charge in [0.05, 0.1) is 24.5 Å². The van der Waals surface area contributed by atoms with Crippen LogP contribution >= 0.6 is 0 Å². The minimum Gasteiger partial charge on any atom is -0.444 e. The van der Waals surface area contributed by atoms with Crippen LogP contribution in [0, 0.1) is 11.8 Å². The fourth-order valence-corrected chi connectivity index (χ4v) is 9.01. The van der Waals surface area contributed by atoms with Crippen LogP contribution in [0.2, 0.25) is 0 Å². The Morgan fingerprint density at radius 1 is 1.00 bits per heavy atom. The monoisotopic (exact) mass is 791 g/mol. The van der Waals surface area contributed by atoms with Crippen molar-refractivity contribution in [2.75, 3.05) is 25.9 Å². The van der Waals surface area contributed by atoms with Crippen molar-refractivity contribution in [3.63, 3.8) is 0 Å². The van der Waals surface area contributed by atoms with Crippen LogP contribution in [0.4, 0.5) is 10.5 Å². The van der Waals surface area contributed by atoms with E-state index >= 15 is 0 Å². The Balaban J connectivity index is 1.28. The Bertz CT molecular complexity index is 1990. The van der Waals surface area contributed by atoms with Crippen LogP contribution in [-0.4, -0.2) is 96.8 Å². The Hall–Kier alpha value is -4.83. The fraction of sp³-hybridized carbons (Fsp3) is 0.550. The third-order valence-corrected chi connectivity index (χ3v) is 11.7. The molecule has 1 aromatic heterocycles. The molecule has 2 aliphatic heterocycles. The predicted molar refractivity (Wildman–Crippen MR) is 210 cm³/mol. The minimum absolute atomic E-state index is 0.00213. The van der Waals surface area contributed by atoms with Gasteiger partial charge in [0.15, 0.2) is 17.3 Å². The highest BCUT2D eigenvalue weighted by Crippen LogP contribution is 2.31. The van der Waals surface area contributed by atoms with Crippen molar-refractivity contribution in [1.82, 2.24) is 19.5 Å². The highest BCUT2D eigenvalue weighted by atomic mass is 32.2. The number of nitrogens with two attached hydrogens (primary N) is 2. The zero-order valence-electron chi connectivity index (χ0n) is 31.9. The van der Waals surface area contributed by atoms with Crippen LogP contribution in [-0.2, 0) is 30.8 Å². The van der Waals surface area contributed by atoms with E-state index in [4.69, 9.17) is 20.6 Å². The molecule has 0 spiro atoms. The summed E-state index contributed by atoms with van der Waals surface area (Å²) in [5, 5.41) is 0. The SMILES string of the molecule is CS(=O)(=O)N[C@H](CCC1CCCCC1)C(=O)N1C[C@H](OC(=O)N2CCCCC2)C[C@H]1C(=O)C[C@@H](Cc1cccc(N=C(N)N)c1)C(=O)c1nc2ccccc2o1. The Labute approximate surface area is 327 Å². The van der Waals surface area contributed by atoms with Crippen molar-refractivity contribution in [2.24, 2.45) is 28.3 Å². The molecular formula is C40H53N7O8S. The lowest BCUT2D eigenvalue weighted by atomic mass is 9.85. The van der Waals surface area contributed by atoms with Gasteiger partial charge in [-0.05, 0) is 74.3 Å². The molecular weight excluding hydrogens is 739 g/mol. The molecule has 2 aromatic carbocycles. The molecule has 4 atom stereocenters. The van der Waals surface area contributed by atoms with Crippen molar-refractivity contribution in [1.29, 1.82) is 0 Å². The summed E-state index contributed by atoms with van der Waals surface area (Å²) in [6.45, 7) is 1.02.